The van der Waals surface area contributed by atoms with Crippen molar-refractivity contribution in [1.29, 1.82) is 0 Å². The van der Waals surface area contributed by atoms with Crippen molar-refractivity contribution in [3.63, 3.8) is 0 Å². The maximum atomic E-state index is 3.94. The highest BCUT2D eigenvalue weighted by molar-refractivity contribution is 5.87. The van der Waals surface area contributed by atoms with Crippen LogP contribution in [-0.2, 0) is 10.8 Å². The fourth-order valence-electron chi connectivity index (χ4n) is 14.0. The molecule has 0 heterocycles. The smallest absolute Gasteiger partial charge is 0.0462 e. The average Bonchev–Trinajstić information content (AvgIpc) is 4.09. The Morgan fingerprint density at radius 2 is 0.741 bits per heavy atom. The number of hydrogen-bond acceptors (Lipinski definition) is 1. The Bertz CT molecular complexity index is 3190. The Labute approximate surface area is 491 Å². The fraction of sp³-hybridized carbons (Fsp3) is 0.375. The molecule has 0 bridgehead atoms. The van der Waals surface area contributed by atoms with Crippen molar-refractivity contribution in [3.8, 4) is 44.5 Å². The number of anilines is 3. The topological polar surface area (TPSA) is 3.24 Å². The molecule has 0 saturated heterocycles. The maximum Gasteiger partial charge on any atom is 0.0462 e. The third-order valence-corrected chi connectivity index (χ3v) is 18.7. The summed E-state index contributed by atoms with van der Waals surface area (Å²) >= 11 is 0. The minimum absolute atomic E-state index is 0.0472. The van der Waals surface area contributed by atoms with E-state index < -0.39 is 0 Å². The zero-order valence-electron chi connectivity index (χ0n) is 50.6. The van der Waals surface area contributed by atoms with Crippen LogP contribution in [0.25, 0.3) is 44.5 Å². The molecular formula is C80H95N. The van der Waals surface area contributed by atoms with Crippen LogP contribution in [0.4, 0.5) is 17.1 Å². The maximum absolute atomic E-state index is 3.94. The molecule has 2 aliphatic rings. The molecule has 7 aromatic carbocycles. The normalized spacial score (nSPS) is 14.0. The van der Waals surface area contributed by atoms with Gasteiger partial charge in [-0.2, -0.15) is 0 Å². The highest BCUT2D eigenvalue weighted by atomic mass is 15.1. The standard InChI is InChI=1S/C80H95N/c1-9-14-18-22-26-30-54-80(55-31-27-23-19-15-10-2)76-57-61(7)33-49-72(76)74-51-41-67(59-78(74)80)65-38-46-70(47-39-65)81(68-42-34-63(35-43-68)62(8)13-5)69-44-36-64(37-45-69)66-40-50-73-71-48-32-60(6)56-75(71)79(77(73)58-66,52-28-24-20-16-11-3)53-29-25-21-17-12-4/h11-12,16-17,20-21,32-51,56-59,62H,3-4,9-10,13-15,18-19,22-31,52-55H2,1-2,5-8H3/b20-16+,21-17+. The molecular weight excluding hydrogens is 975 g/mol. The first-order chi connectivity index (χ1) is 39.7. The van der Waals surface area contributed by atoms with E-state index in [0.717, 1.165) is 56.3 Å². The van der Waals surface area contributed by atoms with Crippen LogP contribution in [0, 0.1) is 13.8 Å². The van der Waals surface area contributed by atoms with E-state index in [1.807, 2.05) is 12.2 Å². The van der Waals surface area contributed by atoms with Crippen LogP contribution in [0.15, 0.2) is 195 Å². The summed E-state index contributed by atoms with van der Waals surface area (Å²) in [5, 5.41) is 0. The summed E-state index contributed by atoms with van der Waals surface area (Å²) in [6.07, 6.45) is 38.6. The SMILES string of the molecule is C=C/C=C/CCCC1(CCC/C=C/C=C)c2cc(C)ccc2-c2ccc(-c3ccc(N(c4ccc(-c5ccc6c(c5)C(CCCCCCCC)(CCCCCCCC)c5cc(C)ccc5-6)cc4)c4ccc(C(C)CC)cc4)cc3)cc21. The number of allylic oxidation sites excluding steroid dienone is 6. The van der Waals surface area contributed by atoms with Gasteiger partial charge in [-0.3, -0.25) is 0 Å². The molecule has 0 aliphatic heterocycles. The van der Waals surface area contributed by atoms with Gasteiger partial charge in [0.05, 0.1) is 0 Å². The van der Waals surface area contributed by atoms with Crippen LogP contribution in [0.2, 0.25) is 0 Å². The number of benzene rings is 7. The van der Waals surface area contributed by atoms with Crippen LogP contribution in [-0.4, -0.2) is 0 Å². The van der Waals surface area contributed by atoms with Crippen molar-refractivity contribution in [1.82, 2.24) is 0 Å². The van der Waals surface area contributed by atoms with Gasteiger partial charge < -0.3 is 4.90 Å². The van der Waals surface area contributed by atoms with Gasteiger partial charge in [-0.15, -0.1) is 0 Å². The van der Waals surface area contributed by atoms with E-state index in [0.29, 0.717) is 5.92 Å². The third-order valence-electron chi connectivity index (χ3n) is 18.7. The lowest BCUT2D eigenvalue weighted by molar-refractivity contribution is 0.398. The second-order valence-corrected chi connectivity index (χ2v) is 24.3. The summed E-state index contributed by atoms with van der Waals surface area (Å²) in [6, 6.07) is 57.5. The number of nitrogens with zero attached hydrogens (tertiary/aromatic N) is 1. The van der Waals surface area contributed by atoms with Crippen LogP contribution >= 0.6 is 0 Å². The summed E-state index contributed by atoms with van der Waals surface area (Å²) in [5.74, 6) is 0.511. The summed E-state index contributed by atoms with van der Waals surface area (Å²) in [7, 11) is 0. The van der Waals surface area contributed by atoms with Gasteiger partial charge in [0.2, 0.25) is 0 Å². The average molecular weight is 1070 g/mol. The van der Waals surface area contributed by atoms with E-state index in [2.05, 4.69) is 229 Å². The molecule has 2 aliphatic carbocycles. The van der Waals surface area contributed by atoms with Gasteiger partial charge in [-0.25, -0.2) is 0 Å². The van der Waals surface area contributed by atoms with Gasteiger partial charge in [-0.05, 0) is 198 Å². The first kappa shape index (κ1) is 58.9. The van der Waals surface area contributed by atoms with E-state index >= 15 is 0 Å². The molecule has 0 amide bonds. The second kappa shape index (κ2) is 28.3. The molecule has 0 spiro atoms. The summed E-state index contributed by atoms with van der Waals surface area (Å²) in [5.41, 5.74) is 24.5. The van der Waals surface area contributed by atoms with E-state index in [9.17, 15) is 0 Å². The van der Waals surface area contributed by atoms with Crippen LogP contribution in [0.3, 0.4) is 0 Å². The van der Waals surface area contributed by atoms with Crippen molar-refractivity contribution < 1.29 is 0 Å². The third kappa shape index (κ3) is 13.3. The minimum Gasteiger partial charge on any atom is -0.311 e. The van der Waals surface area contributed by atoms with Crippen molar-refractivity contribution in [2.75, 3.05) is 4.90 Å². The quantitative estimate of drug-likeness (QED) is 0.0309. The first-order valence-electron chi connectivity index (χ1n) is 31.9. The number of unbranched alkanes of at least 4 members (excludes halogenated alkanes) is 12. The molecule has 1 unspecified atom stereocenters. The Kier molecular flexibility index (Phi) is 20.6. The molecule has 0 radical (unpaired) electrons. The van der Waals surface area contributed by atoms with E-state index in [1.54, 1.807) is 11.1 Å². The molecule has 0 saturated carbocycles. The van der Waals surface area contributed by atoms with Gasteiger partial charge in [0, 0.05) is 27.9 Å². The predicted octanol–water partition coefficient (Wildman–Crippen LogP) is 24.5. The van der Waals surface area contributed by atoms with Crippen molar-refractivity contribution in [2.45, 2.75) is 193 Å². The zero-order valence-corrected chi connectivity index (χ0v) is 50.6. The monoisotopic (exact) mass is 1070 g/mol. The Morgan fingerprint density at radius 1 is 0.395 bits per heavy atom. The molecule has 9 rings (SSSR count). The van der Waals surface area contributed by atoms with Gasteiger partial charge in [0.15, 0.2) is 0 Å². The molecule has 81 heavy (non-hydrogen) atoms. The molecule has 420 valence electrons. The van der Waals surface area contributed by atoms with Gasteiger partial charge >= 0.3 is 0 Å². The van der Waals surface area contributed by atoms with E-state index in [1.165, 1.54) is 168 Å². The van der Waals surface area contributed by atoms with Crippen LogP contribution < -0.4 is 4.90 Å². The van der Waals surface area contributed by atoms with Crippen LogP contribution in [0.1, 0.15) is 207 Å². The highest BCUT2D eigenvalue weighted by Crippen LogP contribution is 2.57. The lowest BCUT2D eigenvalue weighted by Crippen LogP contribution is -2.25. The largest absolute Gasteiger partial charge is 0.311 e. The number of rotatable bonds is 31. The number of fused-ring (bicyclic) bond motifs is 6. The molecule has 1 heteroatoms. The predicted molar refractivity (Wildman–Crippen MR) is 355 cm³/mol. The van der Waals surface area contributed by atoms with Crippen molar-refractivity contribution in [3.05, 3.63) is 234 Å². The van der Waals surface area contributed by atoms with E-state index in [4.69, 9.17) is 0 Å². The van der Waals surface area contributed by atoms with Crippen molar-refractivity contribution in [2.24, 2.45) is 0 Å². The van der Waals surface area contributed by atoms with Crippen LogP contribution in [0.5, 0.6) is 0 Å². The molecule has 7 aromatic rings. The summed E-state index contributed by atoms with van der Waals surface area (Å²) < 4.78 is 0. The minimum atomic E-state index is -0.0603. The number of aryl methyl sites for hydroxylation is 2. The Balaban J connectivity index is 1.05. The first-order valence-corrected chi connectivity index (χ1v) is 31.9. The lowest BCUT2D eigenvalue weighted by Gasteiger charge is -2.33. The van der Waals surface area contributed by atoms with Gasteiger partial charge in [-0.1, -0.05) is 263 Å². The Morgan fingerprint density at radius 3 is 1.14 bits per heavy atom. The molecule has 0 aromatic heterocycles. The molecule has 1 atom stereocenters. The van der Waals surface area contributed by atoms with E-state index in [-0.39, 0.29) is 10.8 Å². The van der Waals surface area contributed by atoms with Gasteiger partial charge in [0.25, 0.3) is 0 Å². The zero-order chi connectivity index (χ0) is 56.6. The lowest BCUT2D eigenvalue weighted by atomic mass is 9.70. The summed E-state index contributed by atoms with van der Waals surface area (Å²) in [4.78, 5) is 2.45. The number of hydrogen-bond donors (Lipinski definition) is 0. The molecule has 1 nitrogen and oxygen atoms in total. The highest BCUT2D eigenvalue weighted by Gasteiger charge is 2.44. The molecule has 0 N–H and O–H groups in total. The molecule has 0 fully saturated rings. The summed E-state index contributed by atoms with van der Waals surface area (Å²) in [6.45, 7) is 21.7. The second-order valence-electron chi connectivity index (χ2n) is 24.3. The van der Waals surface area contributed by atoms with Gasteiger partial charge in [0.1, 0.15) is 0 Å². The fourth-order valence-corrected chi connectivity index (χ4v) is 14.0. The van der Waals surface area contributed by atoms with Crippen molar-refractivity contribution >= 4 is 17.1 Å². The Hall–Kier alpha value is -6.70.